The van der Waals surface area contributed by atoms with Crippen molar-refractivity contribution in [3.8, 4) is 0 Å². The number of aliphatic hydroxyl groups excluding tert-OH is 4. The molecule has 1 saturated heterocycles. The Kier molecular flexibility index (Phi) is 10.4. The average molecular weight is 728 g/mol. The molecule has 5 fully saturated rings. The summed E-state index contributed by atoms with van der Waals surface area (Å²) < 4.78 is 6.31. The van der Waals surface area contributed by atoms with Gasteiger partial charge in [0, 0.05) is 24.1 Å². The second kappa shape index (κ2) is 14.0. The second-order valence-corrected chi connectivity index (χ2v) is 18.5. The van der Waals surface area contributed by atoms with Crippen molar-refractivity contribution in [3.05, 3.63) is 35.2 Å². The maximum atomic E-state index is 14.9. The van der Waals surface area contributed by atoms with E-state index in [9.17, 15) is 35.4 Å². The van der Waals surface area contributed by atoms with Crippen LogP contribution in [0.1, 0.15) is 105 Å². The maximum absolute atomic E-state index is 14.9. The van der Waals surface area contributed by atoms with E-state index in [0.29, 0.717) is 68.2 Å². The first-order valence-electron chi connectivity index (χ1n) is 20.3. The number of hydrogen-bond acceptors (Lipinski definition) is 11. The van der Waals surface area contributed by atoms with Gasteiger partial charge in [0.15, 0.2) is 5.78 Å². The zero-order chi connectivity index (χ0) is 37.4. The third kappa shape index (κ3) is 6.04. The van der Waals surface area contributed by atoms with Crippen molar-refractivity contribution in [1.29, 1.82) is 0 Å². The number of Topliss-reactive ketones (excluding diaryl/α,β-unsaturated/α-hetero) is 1. The van der Waals surface area contributed by atoms with Crippen LogP contribution >= 0.6 is 0 Å². The van der Waals surface area contributed by atoms with Crippen LogP contribution in [0.25, 0.3) is 0 Å². The summed E-state index contributed by atoms with van der Waals surface area (Å²) in [5.74, 6) is -0.564. The smallest absolute Gasteiger partial charge is 0.182 e. The Bertz CT molecular complexity index is 1460. The van der Waals surface area contributed by atoms with Gasteiger partial charge in [-0.2, -0.15) is 0 Å². The third-order valence-electron chi connectivity index (χ3n) is 15.7. The average Bonchev–Trinajstić information content (AvgIpc) is 3.83. The molecule has 7 aliphatic rings. The molecule has 1 unspecified atom stereocenters. The number of allylic oxidation sites excluding steroid dienone is 3. The SMILES string of the molecule is C[C@@H]1[C@H]([C@@H](O)[C@](C)(O)[C@H]2CC[C@@]3(O)C4=C(NC[C@H](C)O)C(=O)[C@@H]5C[C@@H](O)[C@@H](O)C[C@]5(CCC5=CNC(N)C=C5)[C@H]4CC[C@]23C)OC[C@H]1C1CCCC1. The van der Waals surface area contributed by atoms with Crippen LogP contribution in [-0.2, 0) is 9.53 Å². The zero-order valence-corrected chi connectivity index (χ0v) is 31.6. The standard InChI is InChI=1S/C41H65N3O8/c1-22(45)19-44-34-33-27(40(15-11-24-9-10-32(42)43-20-24)18-30(47)29(46)17-28(40)35(34)48)12-14-38(3)31(13-16-41(33,38)51)39(4,50)37(49)36-23(2)26(21-52-36)25-7-5-6-8-25/h9-10,20,22-23,25-32,36-37,43-47,49-51H,5-8,11-19,21,42H2,1-4H3/t22-,23-,26+,27-,28-,29+,30-,31-,32?,36+,37+,38+,39+,40+,41+/m0/s1. The van der Waals surface area contributed by atoms with Crippen LogP contribution < -0.4 is 16.4 Å². The molecule has 7 rings (SSSR count). The summed E-state index contributed by atoms with van der Waals surface area (Å²) in [7, 11) is 0. The number of nitrogens with one attached hydrogen (secondary N) is 2. The van der Waals surface area contributed by atoms with Gasteiger partial charge in [0.2, 0.25) is 0 Å². The molecule has 52 heavy (non-hydrogen) atoms. The number of aliphatic hydroxyl groups is 6. The molecular formula is C41H65N3O8. The number of nitrogens with two attached hydrogens (primary N) is 1. The molecule has 0 aromatic rings. The Balaban J connectivity index is 1.25. The minimum atomic E-state index is -1.58. The van der Waals surface area contributed by atoms with Gasteiger partial charge in [0.05, 0.1) is 54.1 Å². The minimum Gasteiger partial charge on any atom is -0.392 e. The summed E-state index contributed by atoms with van der Waals surface area (Å²) in [6.07, 6.45) is 9.22. The predicted octanol–water partition coefficient (Wildman–Crippen LogP) is 2.53. The number of carbonyl (C=O) groups excluding carboxylic acids is 1. The van der Waals surface area contributed by atoms with Crippen LogP contribution in [0.3, 0.4) is 0 Å². The van der Waals surface area contributed by atoms with E-state index < -0.39 is 64.4 Å². The number of ether oxygens (including phenoxy) is 1. The molecule has 5 aliphatic carbocycles. The van der Waals surface area contributed by atoms with E-state index in [1.54, 1.807) is 13.8 Å². The van der Waals surface area contributed by atoms with Crippen LogP contribution in [-0.4, -0.2) is 97.5 Å². The molecule has 15 atom stereocenters. The zero-order valence-electron chi connectivity index (χ0n) is 31.6. The summed E-state index contributed by atoms with van der Waals surface area (Å²) in [6, 6.07) is 0. The molecule has 11 heteroatoms. The maximum Gasteiger partial charge on any atom is 0.182 e. The fourth-order valence-electron chi connectivity index (χ4n) is 12.8. The molecule has 0 bridgehead atoms. The lowest BCUT2D eigenvalue weighted by Crippen LogP contribution is -2.65. The Morgan fingerprint density at radius 1 is 1.12 bits per heavy atom. The summed E-state index contributed by atoms with van der Waals surface area (Å²) in [5, 5.41) is 76.9. The molecule has 2 heterocycles. The molecule has 11 nitrogen and oxygen atoms in total. The lowest BCUT2D eigenvalue weighted by Gasteiger charge is -2.62. The van der Waals surface area contributed by atoms with E-state index in [1.165, 1.54) is 25.7 Å². The van der Waals surface area contributed by atoms with Crippen LogP contribution in [0.4, 0.5) is 0 Å². The van der Waals surface area contributed by atoms with Crippen LogP contribution in [0, 0.1) is 46.3 Å². The quantitative estimate of drug-likeness (QED) is 0.160. The minimum absolute atomic E-state index is 0.0910. The Morgan fingerprint density at radius 2 is 1.85 bits per heavy atom. The summed E-state index contributed by atoms with van der Waals surface area (Å²) in [4.78, 5) is 14.9. The van der Waals surface area contributed by atoms with Gasteiger partial charge >= 0.3 is 0 Å². The predicted molar refractivity (Wildman–Crippen MR) is 196 cm³/mol. The fraction of sp³-hybridized carbons (Fsp3) is 0.829. The number of ketones is 1. The molecule has 0 radical (unpaired) electrons. The van der Waals surface area contributed by atoms with E-state index in [0.717, 1.165) is 5.57 Å². The first-order valence-corrected chi connectivity index (χ1v) is 20.3. The van der Waals surface area contributed by atoms with Gasteiger partial charge in [-0.15, -0.1) is 0 Å². The first kappa shape index (κ1) is 38.4. The highest BCUT2D eigenvalue weighted by Crippen LogP contribution is 2.70. The topological polar surface area (TPSA) is 198 Å². The summed E-state index contributed by atoms with van der Waals surface area (Å²) >= 11 is 0. The molecule has 0 aromatic carbocycles. The van der Waals surface area contributed by atoms with Crippen molar-refractivity contribution >= 4 is 5.78 Å². The van der Waals surface area contributed by atoms with E-state index in [1.807, 2.05) is 25.3 Å². The van der Waals surface area contributed by atoms with Gasteiger partial charge in [-0.25, -0.2) is 0 Å². The van der Waals surface area contributed by atoms with E-state index in [4.69, 9.17) is 10.5 Å². The van der Waals surface area contributed by atoms with Crippen molar-refractivity contribution in [2.75, 3.05) is 13.2 Å². The fourth-order valence-corrected chi connectivity index (χ4v) is 12.8. The number of hydrogen-bond donors (Lipinski definition) is 9. The molecule has 292 valence electrons. The van der Waals surface area contributed by atoms with Crippen molar-refractivity contribution < 1.29 is 40.2 Å². The van der Waals surface area contributed by atoms with Gasteiger partial charge in [-0.1, -0.05) is 45.6 Å². The molecule has 10 N–H and O–H groups in total. The largest absolute Gasteiger partial charge is 0.392 e. The lowest BCUT2D eigenvalue weighted by molar-refractivity contribution is -0.196. The van der Waals surface area contributed by atoms with Gasteiger partial charge in [-0.3, -0.25) is 4.79 Å². The number of carbonyl (C=O) groups is 1. The van der Waals surface area contributed by atoms with Gasteiger partial charge < -0.3 is 51.7 Å². The first-order chi connectivity index (χ1) is 24.5. The second-order valence-electron chi connectivity index (χ2n) is 18.5. The highest BCUT2D eigenvalue weighted by atomic mass is 16.5. The van der Waals surface area contributed by atoms with Crippen molar-refractivity contribution in [3.63, 3.8) is 0 Å². The molecule has 2 aliphatic heterocycles. The molecule has 0 aromatic heterocycles. The Morgan fingerprint density at radius 3 is 2.52 bits per heavy atom. The van der Waals surface area contributed by atoms with Crippen molar-refractivity contribution in [1.82, 2.24) is 10.6 Å². The molecule has 4 saturated carbocycles. The normalized spacial score (nSPS) is 45.8. The van der Waals surface area contributed by atoms with E-state index in [-0.39, 0.29) is 43.2 Å². The highest BCUT2D eigenvalue weighted by molar-refractivity contribution is 6.00. The number of fused-ring (bicyclic) bond motifs is 5. The van der Waals surface area contributed by atoms with Crippen LogP contribution in [0.5, 0.6) is 0 Å². The summed E-state index contributed by atoms with van der Waals surface area (Å²) in [6.45, 7) is 8.20. The van der Waals surface area contributed by atoms with E-state index >= 15 is 0 Å². The van der Waals surface area contributed by atoms with Gasteiger partial charge in [-0.05, 0) is 117 Å². The number of rotatable bonds is 10. The van der Waals surface area contributed by atoms with E-state index in [2.05, 4.69) is 17.6 Å². The Labute approximate surface area is 309 Å². The lowest BCUT2D eigenvalue weighted by atomic mass is 9.43. The molecule has 0 amide bonds. The van der Waals surface area contributed by atoms with Gasteiger partial charge in [0.1, 0.15) is 6.10 Å². The van der Waals surface area contributed by atoms with Gasteiger partial charge in [0.25, 0.3) is 0 Å². The molecular weight excluding hydrogens is 662 g/mol. The summed E-state index contributed by atoms with van der Waals surface area (Å²) in [5.41, 5.74) is 3.22. The third-order valence-corrected chi connectivity index (χ3v) is 15.7. The highest BCUT2D eigenvalue weighted by Gasteiger charge is 2.71. The van der Waals surface area contributed by atoms with Crippen LogP contribution in [0.15, 0.2) is 35.2 Å². The Hall–Kier alpha value is -1.83. The monoisotopic (exact) mass is 727 g/mol. The number of dihydropyridines is 1. The van der Waals surface area contributed by atoms with Crippen molar-refractivity contribution in [2.24, 2.45) is 52.1 Å². The van der Waals surface area contributed by atoms with Crippen LogP contribution in [0.2, 0.25) is 0 Å². The molecule has 0 spiro atoms. The van der Waals surface area contributed by atoms with Crippen molar-refractivity contribution in [2.45, 2.75) is 153 Å².